The van der Waals surface area contributed by atoms with Crippen molar-refractivity contribution in [2.45, 2.75) is 12.3 Å². The van der Waals surface area contributed by atoms with Gasteiger partial charge in [0.05, 0.1) is 5.69 Å². The summed E-state index contributed by atoms with van der Waals surface area (Å²) in [5.41, 5.74) is 10.4. The van der Waals surface area contributed by atoms with Crippen molar-refractivity contribution in [3.8, 4) is 17.0 Å². The van der Waals surface area contributed by atoms with Crippen molar-refractivity contribution in [3.63, 3.8) is 0 Å². The zero-order valence-corrected chi connectivity index (χ0v) is 12.3. The van der Waals surface area contributed by atoms with Crippen molar-refractivity contribution < 1.29 is 9.90 Å². The van der Waals surface area contributed by atoms with Gasteiger partial charge in [0, 0.05) is 17.0 Å². The van der Waals surface area contributed by atoms with Crippen LogP contribution < -0.4 is 5.73 Å². The second kappa shape index (κ2) is 4.98. The number of aromatic nitrogens is 2. The van der Waals surface area contributed by atoms with E-state index < -0.39 is 5.91 Å². The molecule has 23 heavy (non-hydrogen) atoms. The number of amides is 1. The Bertz CT molecular complexity index is 900. The van der Waals surface area contributed by atoms with E-state index in [0.717, 1.165) is 27.9 Å². The predicted molar refractivity (Wildman–Crippen MR) is 86.2 cm³/mol. The van der Waals surface area contributed by atoms with E-state index in [0.29, 0.717) is 12.1 Å². The number of hydrogen-bond acceptors (Lipinski definition) is 3. The number of nitrogens with two attached hydrogens (primary N) is 1. The smallest absolute Gasteiger partial charge is 0.267 e. The maximum Gasteiger partial charge on any atom is 0.267 e. The Kier molecular flexibility index (Phi) is 2.94. The van der Waals surface area contributed by atoms with Crippen LogP contribution in [0.3, 0.4) is 0 Å². The maximum absolute atomic E-state index is 11.7. The molecule has 5 heteroatoms. The molecular weight excluding hydrogens is 290 g/mol. The maximum atomic E-state index is 11.7. The number of carbonyl (C=O) groups is 1. The first-order chi connectivity index (χ1) is 11.1. The van der Waals surface area contributed by atoms with Crippen LogP contribution in [0.25, 0.3) is 11.3 Å². The number of benzene rings is 2. The highest BCUT2D eigenvalue weighted by atomic mass is 16.3. The SMILES string of the molecule is NC(=O)c1[nH]nc2c1CC(c1ccccc1)c1cc(O)ccc1-2. The molecule has 1 unspecified atom stereocenters. The zero-order chi connectivity index (χ0) is 16.0. The third-order valence-electron chi connectivity index (χ3n) is 4.39. The molecule has 0 spiro atoms. The molecule has 1 atom stereocenters. The average Bonchev–Trinajstić information content (AvgIpc) is 2.99. The van der Waals surface area contributed by atoms with Crippen LogP contribution in [0.2, 0.25) is 0 Å². The first-order valence-corrected chi connectivity index (χ1v) is 7.40. The van der Waals surface area contributed by atoms with Crippen LogP contribution in [-0.4, -0.2) is 21.2 Å². The minimum absolute atomic E-state index is 0.0431. The van der Waals surface area contributed by atoms with Gasteiger partial charge >= 0.3 is 0 Å². The van der Waals surface area contributed by atoms with Crippen molar-refractivity contribution in [2.75, 3.05) is 0 Å². The third-order valence-corrected chi connectivity index (χ3v) is 4.39. The van der Waals surface area contributed by atoms with Gasteiger partial charge in [0.1, 0.15) is 11.4 Å². The van der Waals surface area contributed by atoms with E-state index >= 15 is 0 Å². The molecule has 0 saturated heterocycles. The molecule has 4 rings (SSSR count). The topological polar surface area (TPSA) is 92.0 Å². The summed E-state index contributed by atoms with van der Waals surface area (Å²) in [6.07, 6.45) is 0.616. The quantitative estimate of drug-likeness (QED) is 0.679. The number of hydrogen-bond donors (Lipinski definition) is 3. The summed E-state index contributed by atoms with van der Waals surface area (Å²) < 4.78 is 0. The monoisotopic (exact) mass is 305 g/mol. The molecular formula is C18H15N3O2. The highest BCUT2D eigenvalue weighted by molar-refractivity contribution is 5.95. The highest BCUT2D eigenvalue weighted by Gasteiger charge is 2.31. The number of H-pyrrole nitrogens is 1. The standard InChI is InChI=1S/C18H15N3O2/c19-18(23)17-15-9-13(10-4-2-1-3-5-10)14-8-11(22)6-7-12(14)16(15)20-21-17/h1-8,13,22H,9H2,(H2,19,23)(H,20,21). The van der Waals surface area contributed by atoms with Gasteiger partial charge in [-0.15, -0.1) is 0 Å². The van der Waals surface area contributed by atoms with Crippen LogP contribution in [-0.2, 0) is 6.42 Å². The lowest BCUT2D eigenvalue weighted by Crippen LogP contribution is -2.18. The summed E-state index contributed by atoms with van der Waals surface area (Å²) in [5, 5.41) is 16.9. The lowest BCUT2D eigenvalue weighted by Gasteiger charge is -2.26. The average molecular weight is 305 g/mol. The molecule has 1 amide bonds. The van der Waals surface area contributed by atoms with E-state index in [1.807, 2.05) is 36.4 Å². The number of nitrogens with zero attached hydrogens (tertiary/aromatic N) is 1. The summed E-state index contributed by atoms with van der Waals surface area (Å²) in [4.78, 5) is 11.7. The summed E-state index contributed by atoms with van der Waals surface area (Å²) in [6, 6.07) is 15.3. The molecule has 0 aliphatic heterocycles. The van der Waals surface area contributed by atoms with Crippen molar-refractivity contribution in [2.24, 2.45) is 5.73 Å². The molecule has 1 aromatic heterocycles. The largest absolute Gasteiger partial charge is 0.508 e. The summed E-state index contributed by atoms with van der Waals surface area (Å²) in [7, 11) is 0. The van der Waals surface area contributed by atoms with Crippen LogP contribution >= 0.6 is 0 Å². The fourth-order valence-electron chi connectivity index (χ4n) is 3.34. The Labute approximate surface area is 132 Å². The fraction of sp³-hybridized carbons (Fsp3) is 0.111. The third kappa shape index (κ3) is 2.09. The van der Waals surface area contributed by atoms with Gasteiger partial charge in [-0.05, 0) is 35.7 Å². The van der Waals surface area contributed by atoms with Crippen LogP contribution in [0.4, 0.5) is 0 Å². The molecule has 0 fully saturated rings. The number of carbonyl (C=O) groups excluding carboxylic acids is 1. The molecule has 3 aromatic rings. The lowest BCUT2D eigenvalue weighted by molar-refractivity contribution is 0.0994. The van der Waals surface area contributed by atoms with Gasteiger partial charge in [-0.3, -0.25) is 9.89 Å². The zero-order valence-electron chi connectivity index (χ0n) is 12.3. The number of rotatable bonds is 2. The molecule has 2 aromatic carbocycles. The van der Waals surface area contributed by atoms with Gasteiger partial charge < -0.3 is 10.8 Å². The summed E-state index contributed by atoms with van der Waals surface area (Å²) in [5.74, 6) is -0.243. The van der Waals surface area contributed by atoms with Crippen LogP contribution in [0.1, 0.15) is 33.1 Å². The number of fused-ring (bicyclic) bond motifs is 3. The van der Waals surface area contributed by atoms with E-state index in [1.165, 1.54) is 0 Å². The summed E-state index contributed by atoms with van der Waals surface area (Å²) in [6.45, 7) is 0. The van der Waals surface area contributed by atoms with E-state index in [9.17, 15) is 9.90 Å². The van der Waals surface area contributed by atoms with Crippen molar-refractivity contribution in [1.82, 2.24) is 10.2 Å². The minimum atomic E-state index is -0.507. The molecule has 1 aliphatic carbocycles. The van der Waals surface area contributed by atoms with E-state index in [4.69, 9.17) is 5.73 Å². The Morgan fingerprint density at radius 3 is 2.74 bits per heavy atom. The first kappa shape index (κ1) is 13.6. The summed E-state index contributed by atoms with van der Waals surface area (Å²) >= 11 is 0. The Morgan fingerprint density at radius 1 is 1.22 bits per heavy atom. The molecule has 114 valence electrons. The molecule has 0 bridgehead atoms. The van der Waals surface area contributed by atoms with E-state index in [2.05, 4.69) is 10.2 Å². The number of phenols is 1. The number of aromatic amines is 1. The molecule has 0 saturated carbocycles. The lowest BCUT2D eigenvalue weighted by atomic mass is 9.77. The minimum Gasteiger partial charge on any atom is -0.508 e. The van der Waals surface area contributed by atoms with Crippen LogP contribution in [0, 0.1) is 0 Å². The predicted octanol–water partition coefficient (Wildman–Crippen LogP) is 2.57. The second-order valence-corrected chi connectivity index (χ2v) is 5.73. The van der Waals surface area contributed by atoms with Gasteiger partial charge in [0.15, 0.2) is 0 Å². The van der Waals surface area contributed by atoms with Gasteiger partial charge in [-0.25, -0.2) is 0 Å². The Morgan fingerprint density at radius 2 is 2.00 bits per heavy atom. The molecule has 1 aliphatic rings. The van der Waals surface area contributed by atoms with Gasteiger partial charge in [0.25, 0.3) is 5.91 Å². The molecule has 4 N–H and O–H groups in total. The normalized spacial score (nSPS) is 15.7. The molecule has 1 heterocycles. The second-order valence-electron chi connectivity index (χ2n) is 5.73. The van der Waals surface area contributed by atoms with Crippen molar-refractivity contribution in [1.29, 1.82) is 0 Å². The number of aromatic hydroxyl groups is 1. The molecule has 5 nitrogen and oxygen atoms in total. The van der Waals surface area contributed by atoms with Gasteiger partial charge in [-0.1, -0.05) is 30.3 Å². The Hall–Kier alpha value is -3.08. The fourth-order valence-corrected chi connectivity index (χ4v) is 3.34. The van der Waals surface area contributed by atoms with Crippen LogP contribution in [0.15, 0.2) is 48.5 Å². The highest BCUT2D eigenvalue weighted by Crippen LogP contribution is 2.43. The van der Waals surface area contributed by atoms with E-state index in [1.54, 1.807) is 12.1 Å². The number of phenolic OH excluding ortho intramolecular Hbond substituents is 1. The number of nitrogens with one attached hydrogen (secondary N) is 1. The molecule has 0 radical (unpaired) electrons. The Balaban J connectivity index is 1.96. The van der Waals surface area contributed by atoms with E-state index in [-0.39, 0.29) is 11.7 Å². The van der Waals surface area contributed by atoms with Crippen LogP contribution in [0.5, 0.6) is 5.75 Å². The van der Waals surface area contributed by atoms with Crippen molar-refractivity contribution in [3.05, 3.63) is 70.9 Å². The number of primary amides is 1. The van der Waals surface area contributed by atoms with Crippen molar-refractivity contribution >= 4 is 5.91 Å². The van der Waals surface area contributed by atoms with Gasteiger partial charge in [0.2, 0.25) is 0 Å². The first-order valence-electron chi connectivity index (χ1n) is 7.40. The van der Waals surface area contributed by atoms with Gasteiger partial charge in [-0.2, -0.15) is 5.10 Å².